The van der Waals surface area contributed by atoms with Crippen molar-refractivity contribution in [2.75, 3.05) is 19.6 Å². The highest BCUT2D eigenvalue weighted by molar-refractivity contribution is 5.86. The zero-order valence-corrected chi connectivity index (χ0v) is 12.4. The van der Waals surface area contributed by atoms with Crippen LogP contribution >= 0.6 is 0 Å². The van der Waals surface area contributed by atoms with Crippen LogP contribution in [0.4, 0.5) is 0 Å². The molecule has 0 radical (unpaired) electrons. The molecule has 1 heterocycles. The van der Waals surface area contributed by atoms with Crippen molar-refractivity contribution < 1.29 is 19.5 Å². The van der Waals surface area contributed by atoms with Crippen LogP contribution in [0.25, 0.3) is 0 Å². The standard InChI is InChI=1S/C15H24N2O4/c18-12(10-17-9-5-6-13(17)19)16-11-15(14(20)21)7-3-1-2-4-8-15/h1-11H2,(H,16,18)(H,20,21). The predicted octanol–water partition coefficient (Wildman–Crippen LogP) is 1.15. The van der Waals surface area contributed by atoms with E-state index in [0.29, 0.717) is 25.8 Å². The third-order valence-corrected chi connectivity index (χ3v) is 4.64. The van der Waals surface area contributed by atoms with E-state index in [1.54, 1.807) is 0 Å². The van der Waals surface area contributed by atoms with E-state index in [-0.39, 0.29) is 24.9 Å². The van der Waals surface area contributed by atoms with Crippen molar-refractivity contribution in [1.82, 2.24) is 10.2 Å². The van der Waals surface area contributed by atoms with Gasteiger partial charge in [0.25, 0.3) is 0 Å². The van der Waals surface area contributed by atoms with E-state index in [0.717, 1.165) is 32.1 Å². The van der Waals surface area contributed by atoms with Gasteiger partial charge in [0.05, 0.1) is 12.0 Å². The maximum atomic E-state index is 11.9. The van der Waals surface area contributed by atoms with E-state index in [9.17, 15) is 19.5 Å². The van der Waals surface area contributed by atoms with Crippen molar-refractivity contribution in [3.63, 3.8) is 0 Å². The van der Waals surface area contributed by atoms with Gasteiger partial charge in [-0.15, -0.1) is 0 Å². The maximum absolute atomic E-state index is 11.9. The third kappa shape index (κ3) is 3.95. The number of nitrogens with zero attached hydrogens (tertiary/aromatic N) is 1. The number of aliphatic carboxylic acids is 1. The highest BCUT2D eigenvalue weighted by atomic mass is 16.4. The Bertz CT molecular complexity index is 414. The fourth-order valence-electron chi connectivity index (χ4n) is 3.24. The van der Waals surface area contributed by atoms with Crippen molar-refractivity contribution >= 4 is 17.8 Å². The fourth-order valence-corrected chi connectivity index (χ4v) is 3.24. The zero-order valence-electron chi connectivity index (χ0n) is 12.4. The Kier molecular flexibility index (Phi) is 5.20. The molecule has 1 saturated carbocycles. The fraction of sp³-hybridized carbons (Fsp3) is 0.800. The molecule has 21 heavy (non-hydrogen) atoms. The molecule has 0 atom stereocenters. The van der Waals surface area contributed by atoms with E-state index in [4.69, 9.17) is 0 Å². The smallest absolute Gasteiger partial charge is 0.311 e. The van der Waals surface area contributed by atoms with Crippen molar-refractivity contribution in [3.8, 4) is 0 Å². The van der Waals surface area contributed by atoms with E-state index in [1.165, 1.54) is 4.90 Å². The second-order valence-electron chi connectivity index (χ2n) is 6.20. The quantitative estimate of drug-likeness (QED) is 0.745. The first kappa shape index (κ1) is 15.8. The lowest BCUT2D eigenvalue weighted by molar-refractivity contribution is -0.150. The summed E-state index contributed by atoms with van der Waals surface area (Å²) in [6.07, 6.45) is 6.45. The van der Waals surface area contributed by atoms with Gasteiger partial charge in [-0.2, -0.15) is 0 Å². The van der Waals surface area contributed by atoms with Gasteiger partial charge in [0, 0.05) is 19.5 Å². The summed E-state index contributed by atoms with van der Waals surface area (Å²) in [4.78, 5) is 36.6. The maximum Gasteiger partial charge on any atom is 0.311 e. The lowest BCUT2D eigenvalue weighted by Gasteiger charge is -2.28. The molecule has 6 nitrogen and oxygen atoms in total. The van der Waals surface area contributed by atoms with Crippen molar-refractivity contribution in [1.29, 1.82) is 0 Å². The molecule has 118 valence electrons. The molecule has 0 aromatic rings. The molecule has 6 heteroatoms. The molecule has 0 unspecified atom stereocenters. The van der Waals surface area contributed by atoms with E-state index >= 15 is 0 Å². The summed E-state index contributed by atoms with van der Waals surface area (Å²) in [6, 6.07) is 0. The van der Waals surface area contributed by atoms with Crippen LogP contribution < -0.4 is 5.32 Å². The van der Waals surface area contributed by atoms with Gasteiger partial charge in [-0.25, -0.2) is 0 Å². The zero-order chi connectivity index (χ0) is 15.3. The number of hydrogen-bond donors (Lipinski definition) is 2. The summed E-state index contributed by atoms with van der Waals surface area (Å²) in [5, 5.41) is 12.3. The molecule has 2 fully saturated rings. The van der Waals surface area contributed by atoms with Crippen LogP contribution in [0.1, 0.15) is 51.4 Å². The number of rotatable bonds is 5. The summed E-state index contributed by atoms with van der Waals surface area (Å²) in [6.45, 7) is 0.841. The van der Waals surface area contributed by atoms with Crippen LogP contribution in [-0.2, 0) is 14.4 Å². The molecule has 0 aromatic carbocycles. The minimum absolute atomic E-state index is 0.00700. The van der Waals surface area contributed by atoms with Gasteiger partial charge in [-0.05, 0) is 19.3 Å². The molecule has 2 amide bonds. The average molecular weight is 296 g/mol. The highest BCUT2D eigenvalue weighted by Crippen LogP contribution is 2.34. The first-order valence-corrected chi connectivity index (χ1v) is 7.81. The summed E-state index contributed by atoms with van der Waals surface area (Å²) >= 11 is 0. The normalized spacial score (nSPS) is 21.9. The Morgan fingerprint density at radius 1 is 1.14 bits per heavy atom. The van der Waals surface area contributed by atoms with E-state index in [2.05, 4.69) is 5.32 Å². The summed E-state index contributed by atoms with van der Waals surface area (Å²) in [5.41, 5.74) is -0.832. The van der Waals surface area contributed by atoms with Gasteiger partial charge < -0.3 is 15.3 Å². The number of carbonyl (C=O) groups is 3. The number of amides is 2. The summed E-state index contributed by atoms with van der Waals surface area (Å²) in [7, 11) is 0. The van der Waals surface area contributed by atoms with Gasteiger partial charge in [-0.1, -0.05) is 25.7 Å². The summed E-state index contributed by atoms with van der Waals surface area (Å²) < 4.78 is 0. The van der Waals surface area contributed by atoms with Crippen LogP contribution in [0, 0.1) is 5.41 Å². The van der Waals surface area contributed by atoms with Gasteiger partial charge in [0.1, 0.15) is 0 Å². The topological polar surface area (TPSA) is 86.7 Å². The predicted molar refractivity (Wildman–Crippen MR) is 76.6 cm³/mol. The average Bonchev–Trinajstić information content (AvgIpc) is 2.72. The van der Waals surface area contributed by atoms with Crippen molar-refractivity contribution in [2.45, 2.75) is 51.4 Å². The van der Waals surface area contributed by atoms with Crippen LogP contribution in [-0.4, -0.2) is 47.4 Å². The molecular weight excluding hydrogens is 272 g/mol. The third-order valence-electron chi connectivity index (χ3n) is 4.64. The second kappa shape index (κ2) is 6.91. The van der Waals surface area contributed by atoms with Crippen molar-refractivity contribution in [2.24, 2.45) is 5.41 Å². The number of likely N-dealkylation sites (tertiary alicyclic amines) is 1. The first-order valence-electron chi connectivity index (χ1n) is 7.81. The van der Waals surface area contributed by atoms with Crippen LogP contribution in [0.2, 0.25) is 0 Å². The monoisotopic (exact) mass is 296 g/mol. The highest BCUT2D eigenvalue weighted by Gasteiger charge is 2.39. The SMILES string of the molecule is O=C(CN1CCCC1=O)NCC1(C(=O)O)CCCCCC1. The number of nitrogens with one attached hydrogen (secondary N) is 1. The van der Waals surface area contributed by atoms with E-state index < -0.39 is 11.4 Å². The number of hydrogen-bond acceptors (Lipinski definition) is 3. The molecule has 2 rings (SSSR count). The number of carboxylic acids is 1. The first-order chi connectivity index (χ1) is 10.0. The molecule has 1 aliphatic heterocycles. The molecule has 0 spiro atoms. The Balaban J connectivity index is 1.87. The molecule has 1 saturated heterocycles. The van der Waals surface area contributed by atoms with E-state index in [1.807, 2.05) is 0 Å². The van der Waals surface area contributed by atoms with Gasteiger partial charge in [-0.3, -0.25) is 14.4 Å². The molecule has 1 aliphatic carbocycles. The molecule has 2 N–H and O–H groups in total. The Morgan fingerprint density at radius 3 is 2.33 bits per heavy atom. The Labute approximate surface area is 124 Å². The van der Waals surface area contributed by atoms with Crippen molar-refractivity contribution in [3.05, 3.63) is 0 Å². The minimum atomic E-state index is -0.832. The lowest BCUT2D eigenvalue weighted by atomic mass is 9.80. The second-order valence-corrected chi connectivity index (χ2v) is 6.20. The van der Waals surface area contributed by atoms with Crippen LogP contribution in [0.3, 0.4) is 0 Å². The van der Waals surface area contributed by atoms with Crippen LogP contribution in [0.5, 0.6) is 0 Å². The van der Waals surface area contributed by atoms with Gasteiger partial charge in [0.15, 0.2) is 0 Å². The lowest BCUT2D eigenvalue weighted by Crippen LogP contribution is -2.46. The summed E-state index contributed by atoms with van der Waals surface area (Å²) in [5.74, 6) is -1.07. The largest absolute Gasteiger partial charge is 0.481 e. The van der Waals surface area contributed by atoms with Gasteiger partial charge in [0.2, 0.25) is 11.8 Å². The Hall–Kier alpha value is -1.59. The molecular formula is C15H24N2O4. The number of carbonyl (C=O) groups excluding carboxylic acids is 2. The van der Waals surface area contributed by atoms with Crippen LogP contribution in [0.15, 0.2) is 0 Å². The molecule has 0 aromatic heterocycles. The molecule has 0 bridgehead atoms. The number of carboxylic acid groups (broad SMARTS) is 1. The molecule has 2 aliphatic rings. The Morgan fingerprint density at radius 2 is 1.81 bits per heavy atom. The van der Waals surface area contributed by atoms with Gasteiger partial charge >= 0.3 is 5.97 Å². The minimum Gasteiger partial charge on any atom is -0.481 e.